The number of halogens is 3. The molecule has 1 saturated carbocycles. The van der Waals surface area contributed by atoms with Crippen LogP contribution in [0.1, 0.15) is 51.9 Å². The first kappa shape index (κ1) is 16.6. The maximum absolute atomic E-state index is 12.6. The fraction of sp³-hybridized carbons (Fsp3) is 0.933. The van der Waals surface area contributed by atoms with Crippen LogP contribution >= 0.6 is 0 Å². The maximum atomic E-state index is 12.6. The molecule has 0 bridgehead atoms. The normalized spacial score (nSPS) is 33.9. The van der Waals surface area contributed by atoms with E-state index in [1.165, 1.54) is 0 Å². The molecule has 2 rings (SSSR count). The van der Waals surface area contributed by atoms with Crippen molar-refractivity contribution in [1.82, 2.24) is 10.6 Å². The summed E-state index contributed by atoms with van der Waals surface area (Å²) in [6.07, 6.45) is -0.351. The Kier molecular flexibility index (Phi) is 5.17. The van der Waals surface area contributed by atoms with E-state index in [2.05, 4.69) is 17.6 Å². The molecule has 0 aromatic rings. The summed E-state index contributed by atoms with van der Waals surface area (Å²) < 4.78 is 37.9. The van der Waals surface area contributed by atoms with Crippen molar-refractivity contribution in [3.8, 4) is 0 Å². The highest BCUT2D eigenvalue weighted by Crippen LogP contribution is 2.38. The van der Waals surface area contributed by atoms with Gasteiger partial charge in [0.15, 0.2) is 0 Å². The van der Waals surface area contributed by atoms with Gasteiger partial charge in [-0.1, -0.05) is 13.3 Å². The summed E-state index contributed by atoms with van der Waals surface area (Å²) in [7, 11) is 0. The number of amides is 1. The number of hydrogen-bond acceptors (Lipinski definition) is 2. The minimum atomic E-state index is -4.09. The number of hydrogen-bond donors (Lipinski definition) is 2. The molecule has 0 radical (unpaired) electrons. The average molecular weight is 306 g/mol. The molecule has 3 nitrogen and oxygen atoms in total. The lowest BCUT2D eigenvalue weighted by molar-refractivity contribution is -0.182. The van der Waals surface area contributed by atoms with Crippen molar-refractivity contribution in [1.29, 1.82) is 0 Å². The van der Waals surface area contributed by atoms with Gasteiger partial charge in [-0.25, -0.2) is 0 Å². The molecule has 1 atom stereocenters. The van der Waals surface area contributed by atoms with Crippen LogP contribution in [-0.4, -0.2) is 31.2 Å². The van der Waals surface area contributed by atoms with Crippen molar-refractivity contribution in [3.05, 3.63) is 0 Å². The Morgan fingerprint density at radius 1 is 1.29 bits per heavy atom. The van der Waals surface area contributed by atoms with Crippen LogP contribution in [0.5, 0.6) is 0 Å². The van der Waals surface area contributed by atoms with E-state index >= 15 is 0 Å². The van der Waals surface area contributed by atoms with Crippen molar-refractivity contribution in [2.24, 2.45) is 11.3 Å². The Morgan fingerprint density at radius 3 is 2.43 bits per heavy atom. The Labute approximate surface area is 124 Å². The second-order valence-corrected chi connectivity index (χ2v) is 6.52. The molecule has 1 saturated heterocycles. The van der Waals surface area contributed by atoms with Gasteiger partial charge in [0, 0.05) is 12.6 Å². The van der Waals surface area contributed by atoms with Crippen LogP contribution in [0.2, 0.25) is 0 Å². The summed E-state index contributed by atoms with van der Waals surface area (Å²) in [4.78, 5) is 12.5. The van der Waals surface area contributed by atoms with Crippen LogP contribution in [0.3, 0.4) is 0 Å². The van der Waals surface area contributed by atoms with E-state index in [0.717, 1.165) is 25.8 Å². The highest BCUT2D eigenvalue weighted by molar-refractivity contribution is 5.83. The summed E-state index contributed by atoms with van der Waals surface area (Å²) in [6.45, 7) is 3.58. The van der Waals surface area contributed by atoms with E-state index in [1.54, 1.807) is 0 Å². The highest BCUT2D eigenvalue weighted by Gasteiger charge is 2.44. The lowest BCUT2D eigenvalue weighted by Crippen LogP contribution is -2.48. The Balaban J connectivity index is 1.86. The third-order valence-corrected chi connectivity index (χ3v) is 4.98. The molecule has 0 spiro atoms. The fourth-order valence-corrected chi connectivity index (χ4v) is 3.65. The molecule has 122 valence electrons. The summed E-state index contributed by atoms with van der Waals surface area (Å²) in [5.74, 6) is -1.16. The molecular weight excluding hydrogens is 281 g/mol. The minimum Gasteiger partial charge on any atom is -0.353 e. The van der Waals surface area contributed by atoms with E-state index in [0.29, 0.717) is 19.4 Å². The van der Waals surface area contributed by atoms with Crippen LogP contribution in [0.25, 0.3) is 0 Å². The highest BCUT2D eigenvalue weighted by atomic mass is 19.4. The van der Waals surface area contributed by atoms with Crippen molar-refractivity contribution in [2.75, 3.05) is 13.1 Å². The third kappa shape index (κ3) is 3.90. The van der Waals surface area contributed by atoms with Gasteiger partial charge in [0.05, 0.1) is 11.3 Å². The molecule has 21 heavy (non-hydrogen) atoms. The molecule has 0 aromatic heterocycles. The van der Waals surface area contributed by atoms with Gasteiger partial charge in [-0.2, -0.15) is 13.2 Å². The van der Waals surface area contributed by atoms with Crippen molar-refractivity contribution in [2.45, 2.75) is 64.1 Å². The van der Waals surface area contributed by atoms with Crippen LogP contribution in [0, 0.1) is 11.3 Å². The lowest BCUT2D eigenvalue weighted by Gasteiger charge is -2.33. The first-order chi connectivity index (χ1) is 9.87. The molecule has 1 heterocycles. The van der Waals surface area contributed by atoms with Crippen LogP contribution < -0.4 is 10.6 Å². The molecule has 2 fully saturated rings. The SMILES string of the molecule is CCCC1(C(=O)NC2CCC(C(F)(F)F)CC2)CCNC1. The second-order valence-electron chi connectivity index (χ2n) is 6.52. The Hall–Kier alpha value is -0.780. The van der Waals surface area contributed by atoms with Gasteiger partial charge in [-0.15, -0.1) is 0 Å². The largest absolute Gasteiger partial charge is 0.391 e. The maximum Gasteiger partial charge on any atom is 0.391 e. The molecule has 2 N–H and O–H groups in total. The zero-order valence-corrected chi connectivity index (χ0v) is 12.6. The predicted octanol–water partition coefficient (Wildman–Crippen LogP) is 3.00. The van der Waals surface area contributed by atoms with Crippen molar-refractivity contribution < 1.29 is 18.0 Å². The first-order valence-corrected chi connectivity index (χ1v) is 7.96. The van der Waals surface area contributed by atoms with E-state index in [1.807, 2.05) is 0 Å². The van der Waals surface area contributed by atoms with E-state index < -0.39 is 12.1 Å². The number of carbonyl (C=O) groups is 1. The minimum absolute atomic E-state index is 0.0322. The first-order valence-electron chi connectivity index (χ1n) is 7.96. The third-order valence-electron chi connectivity index (χ3n) is 4.98. The zero-order chi connectivity index (χ0) is 15.5. The second kappa shape index (κ2) is 6.55. The molecule has 6 heteroatoms. The molecule has 2 aliphatic rings. The molecule has 1 aliphatic carbocycles. The number of alkyl halides is 3. The standard InChI is InChI=1S/C15H25F3N2O/c1-2-7-14(8-9-19-10-14)13(21)20-12-5-3-11(4-6-12)15(16,17)18/h11-12,19H,2-10H2,1H3,(H,20,21). The molecular formula is C15H25F3N2O. The summed E-state index contributed by atoms with van der Waals surface area (Å²) in [5, 5.41) is 6.25. The van der Waals surface area contributed by atoms with Crippen LogP contribution in [-0.2, 0) is 4.79 Å². The van der Waals surface area contributed by atoms with Gasteiger partial charge in [0.25, 0.3) is 0 Å². The monoisotopic (exact) mass is 306 g/mol. The van der Waals surface area contributed by atoms with E-state index in [4.69, 9.17) is 0 Å². The van der Waals surface area contributed by atoms with Gasteiger partial charge < -0.3 is 10.6 Å². The van der Waals surface area contributed by atoms with Gasteiger partial charge in [-0.05, 0) is 45.1 Å². The van der Waals surface area contributed by atoms with Gasteiger partial charge in [0.2, 0.25) is 5.91 Å². The fourth-order valence-electron chi connectivity index (χ4n) is 3.65. The van der Waals surface area contributed by atoms with Crippen molar-refractivity contribution in [3.63, 3.8) is 0 Å². The molecule has 1 aliphatic heterocycles. The van der Waals surface area contributed by atoms with Gasteiger partial charge in [-0.3, -0.25) is 4.79 Å². The number of nitrogens with one attached hydrogen (secondary N) is 2. The lowest BCUT2D eigenvalue weighted by atomic mass is 9.80. The van der Waals surface area contributed by atoms with Gasteiger partial charge >= 0.3 is 6.18 Å². The van der Waals surface area contributed by atoms with E-state index in [9.17, 15) is 18.0 Å². The van der Waals surface area contributed by atoms with Crippen LogP contribution in [0.15, 0.2) is 0 Å². The number of rotatable bonds is 4. The average Bonchev–Trinajstić information content (AvgIpc) is 2.89. The number of carbonyl (C=O) groups excluding carboxylic acids is 1. The quantitative estimate of drug-likeness (QED) is 0.838. The van der Waals surface area contributed by atoms with Crippen LogP contribution in [0.4, 0.5) is 13.2 Å². The van der Waals surface area contributed by atoms with Crippen molar-refractivity contribution >= 4 is 5.91 Å². The smallest absolute Gasteiger partial charge is 0.353 e. The molecule has 1 unspecified atom stereocenters. The molecule has 0 aromatic carbocycles. The topological polar surface area (TPSA) is 41.1 Å². The van der Waals surface area contributed by atoms with E-state index in [-0.39, 0.29) is 30.2 Å². The predicted molar refractivity (Wildman–Crippen MR) is 74.8 cm³/mol. The van der Waals surface area contributed by atoms with Gasteiger partial charge in [0.1, 0.15) is 0 Å². The summed E-state index contributed by atoms with van der Waals surface area (Å²) >= 11 is 0. The molecule has 1 amide bonds. The Morgan fingerprint density at radius 2 is 1.95 bits per heavy atom. The summed E-state index contributed by atoms with van der Waals surface area (Å²) in [5.41, 5.74) is -0.352. The summed E-state index contributed by atoms with van der Waals surface area (Å²) in [6, 6.07) is -0.0922. The Bertz CT molecular complexity index is 356. The zero-order valence-electron chi connectivity index (χ0n) is 12.6.